The van der Waals surface area contributed by atoms with Gasteiger partial charge < -0.3 is 15.7 Å². The second-order valence-corrected chi connectivity index (χ2v) is 7.91. The van der Waals surface area contributed by atoms with E-state index in [1.54, 1.807) is 50.5 Å². The van der Waals surface area contributed by atoms with Crippen molar-refractivity contribution in [2.24, 2.45) is 0 Å². The summed E-state index contributed by atoms with van der Waals surface area (Å²) in [5.74, 6) is 0.213. The predicted octanol–water partition coefficient (Wildman–Crippen LogP) is 4.15. The normalized spacial score (nSPS) is 12.1. The lowest BCUT2D eigenvalue weighted by atomic mass is 10.0. The van der Waals surface area contributed by atoms with Gasteiger partial charge in [0.25, 0.3) is 0 Å². The molecule has 1 unspecified atom stereocenters. The van der Waals surface area contributed by atoms with Crippen LogP contribution in [0.25, 0.3) is 5.82 Å². The van der Waals surface area contributed by atoms with Crippen molar-refractivity contribution in [1.29, 1.82) is 0 Å². The molecule has 3 rings (SSSR count). The molecule has 10 heteroatoms. The number of nitrogens with one attached hydrogen (secondary N) is 2. The van der Waals surface area contributed by atoms with Crippen molar-refractivity contribution in [2.45, 2.75) is 13.2 Å². The SMILES string of the molecule is CNCC(=O)c1cc(Cl)cc(C)c1NC(O)c1cc(Br)nn1-c1ncccc1Cl. The summed E-state index contributed by atoms with van der Waals surface area (Å²) in [4.78, 5) is 16.8. The van der Waals surface area contributed by atoms with Gasteiger partial charge in [0.05, 0.1) is 22.9 Å². The fraction of sp³-hybridized carbons (Fsp3) is 0.211. The zero-order valence-electron chi connectivity index (χ0n) is 15.6. The van der Waals surface area contributed by atoms with Crippen LogP contribution in [0.3, 0.4) is 0 Å². The molecule has 2 aromatic heterocycles. The van der Waals surface area contributed by atoms with Crippen molar-refractivity contribution in [3.63, 3.8) is 0 Å². The van der Waals surface area contributed by atoms with Crippen molar-refractivity contribution in [1.82, 2.24) is 20.1 Å². The molecular weight excluding hydrogens is 481 g/mol. The fourth-order valence-electron chi connectivity index (χ4n) is 2.88. The lowest BCUT2D eigenvalue weighted by Crippen LogP contribution is -2.22. The quantitative estimate of drug-likeness (QED) is 0.334. The van der Waals surface area contributed by atoms with Crippen molar-refractivity contribution < 1.29 is 9.90 Å². The van der Waals surface area contributed by atoms with Gasteiger partial charge >= 0.3 is 0 Å². The highest BCUT2D eigenvalue weighted by molar-refractivity contribution is 9.10. The third kappa shape index (κ3) is 4.79. The number of hydrogen-bond donors (Lipinski definition) is 3. The number of aryl methyl sites for hydroxylation is 1. The number of rotatable bonds is 7. The first kappa shape index (κ1) is 21.7. The molecule has 0 saturated heterocycles. The summed E-state index contributed by atoms with van der Waals surface area (Å²) in [6.07, 6.45) is 0.381. The molecule has 0 radical (unpaired) electrons. The van der Waals surface area contributed by atoms with Crippen LogP contribution in [0.1, 0.15) is 27.8 Å². The van der Waals surface area contributed by atoms with Gasteiger partial charge in [-0.15, -0.1) is 0 Å². The Morgan fingerprint density at radius 3 is 2.79 bits per heavy atom. The predicted molar refractivity (Wildman–Crippen MR) is 117 cm³/mol. The third-order valence-electron chi connectivity index (χ3n) is 4.15. The van der Waals surface area contributed by atoms with Crippen LogP contribution in [0.15, 0.2) is 41.1 Å². The molecule has 0 aliphatic heterocycles. The first-order chi connectivity index (χ1) is 13.8. The van der Waals surface area contributed by atoms with Gasteiger partial charge in [-0.3, -0.25) is 4.79 Å². The first-order valence-corrected chi connectivity index (χ1v) is 10.2. The highest BCUT2D eigenvalue weighted by Gasteiger charge is 2.22. The van der Waals surface area contributed by atoms with E-state index in [1.165, 1.54) is 4.68 Å². The van der Waals surface area contributed by atoms with E-state index < -0.39 is 6.23 Å². The lowest BCUT2D eigenvalue weighted by Gasteiger charge is -2.20. The number of likely N-dealkylation sites (N-methyl/N-ethyl adjacent to an activating group) is 1. The first-order valence-electron chi connectivity index (χ1n) is 8.60. The molecule has 0 fully saturated rings. The maximum absolute atomic E-state index is 12.5. The number of carbonyl (C=O) groups excluding carboxylic acids is 1. The van der Waals surface area contributed by atoms with Crippen molar-refractivity contribution in [3.05, 3.63) is 68.0 Å². The second kappa shape index (κ2) is 9.23. The summed E-state index contributed by atoms with van der Waals surface area (Å²) in [5, 5.41) is 21.9. The maximum Gasteiger partial charge on any atom is 0.178 e. The number of carbonyl (C=O) groups is 1. The number of pyridine rings is 1. The molecular formula is C19H18BrCl2N5O2. The molecule has 0 saturated carbocycles. The van der Waals surface area contributed by atoms with Crippen LogP contribution >= 0.6 is 39.1 Å². The second-order valence-electron chi connectivity index (χ2n) is 6.26. The topological polar surface area (TPSA) is 92.1 Å². The van der Waals surface area contributed by atoms with E-state index in [2.05, 4.69) is 36.6 Å². The largest absolute Gasteiger partial charge is 0.368 e. The molecule has 7 nitrogen and oxygen atoms in total. The van der Waals surface area contributed by atoms with E-state index in [0.29, 0.717) is 37.4 Å². The Hall–Kier alpha value is -1.97. The molecule has 0 aliphatic rings. The van der Waals surface area contributed by atoms with E-state index in [-0.39, 0.29) is 12.3 Å². The summed E-state index contributed by atoms with van der Waals surface area (Å²) in [6, 6.07) is 8.32. The van der Waals surface area contributed by atoms with E-state index in [1.807, 2.05) is 0 Å². The highest BCUT2D eigenvalue weighted by Crippen LogP contribution is 2.31. The average molecular weight is 499 g/mol. The van der Waals surface area contributed by atoms with Gasteiger partial charge in [0, 0.05) is 16.8 Å². The Balaban J connectivity index is 2.02. The number of nitrogens with zero attached hydrogens (tertiary/aromatic N) is 3. The Bertz CT molecular complexity index is 1060. The molecule has 0 aliphatic carbocycles. The van der Waals surface area contributed by atoms with E-state index >= 15 is 0 Å². The molecule has 2 heterocycles. The smallest absolute Gasteiger partial charge is 0.178 e. The molecule has 0 amide bonds. The number of aromatic nitrogens is 3. The van der Waals surface area contributed by atoms with Crippen molar-refractivity contribution in [2.75, 3.05) is 18.9 Å². The van der Waals surface area contributed by atoms with Gasteiger partial charge in [-0.2, -0.15) is 5.10 Å². The summed E-state index contributed by atoms with van der Waals surface area (Å²) in [5.41, 5.74) is 1.97. The Labute approximate surface area is 186 Å². The number of ketones is 1. The third-order valence-corrected chi connectivity index (χ3v) is 5.05. The molecule has 1 atom stereocenters. The number of benzene rings is 1. The fourth-order valence-corrected chi connectivity index (χ4v) is 3.75. The summed E-state index contributed by atoms with van der Waals surface area (Å²) in [7, 11) is 1.68. The highest BCUT2D eigenvalue weighted by atomic mass is 79.9. The van der Waals surface area contributed by atoms with Gasteiger partial charge in [-0.25, -0.2) is 9.67 Å². The minimum absolute atomic E-state index is 0.136. The van der Waals surface area contributed by atoms with Crippen LogP contribution in [-0.2, 0) is 0 Å². The molecule has 152 valence electrons. The lowest BCUT2D eigenvalue weighted by molar-refractivity contribution is 0.0994. The molecule has 3 aromatic rings. The maximum atomic E-state index is 12.5. The van der Waals surface area contributed by atoms with Crippen molar-refractivity contribution in [3.8, 4) is 5.82 Å². The van der Waals surface area contributed by atoms with Crippen LogP contribution in [0.4, 0.5) is 5.69 Å². The minimum Gasteiger partial charge on any atom is -0.368 e. The van der Waals surface area contributed by atoms with E-state index in [0.717, 1.165) is 5.56 Å². The number of anilines is 1. The Morgan fingerprint density at radius 1 is 1.34 bits per heavy atom. The number of halogens is 3. The molecule has 0 spiro atoms. The van der Waals surface area contributed by atoms with Crippen LogP contribution < -0.4 is 10.6 Å². The van der Waals surface area contributed by atoms with Crippen molar-refractivity contribution >= 4 is 50.6 Å². The van der Waals surface area contributed by atoms with Gasteiger partial charge in [0.15, 0.2) is 17.8 Å². The van der Waals surface area contributed by atoms with Crippen LogP contribution in [-0.4, -0.2) is 39.2 Å². The molecule has 3 N–H and O–H groups in total. The minimum atomic E-state index is -1.20. The van der Waals surface area contributed by atoms with Crippen LogP contribution in [0, 0.1) is 6.92 Å². The van der Waals surface area contributed by atoms with Crippen LogP contribution in [0.5, 0.6) is 0 Å². The average Bonchev–Trinajstić information content (AvgIpc) is 3.05. The van der Waals surface area contributed by atoms with E-state index in [4.69, 9.17) is 23.2 Å². The zero-order chi connectivity index (χ0) is 21.1. The number of aliphatic hydroxyl groups excluding tert-OH is 1. The van der Waals surface area contributed by atoms with Gasteiger partial charge in [0.2, 0.25) is 0 Å². The van der Waals surface area contributed by atoms with E-state index in [9.17, 15) is 9.90 Å². The molecule has 29 heavy (non-hydrogen) atoms. The summed E-state index contributed by atoms with van der Waals surface area (Å²) < 4.78 is 1.93. The monoisotopic (exact) mass is 497 g/mol. The molecule has 1 aromatic carbocycles. The summed E-state index contributed by atoms with van der Waals surface area (Å²) in [6.45, 7) is 1.94. The Morgan fingerprint density at radius 2 is 2.10 bits per heavy atom. The Kier molecular flexibility index (Phi) is 6.92. The van der Waals surface area contributed by atoms with Crippen LogP contribution in [0.2, 0.25) is 10.0 Å². The van der Waals surface area contributed by atoms with Gasteiger partial charge in [0.1, 0.15) is 4.60 Å². The number of Topliss-reactive ketones (excluding diaryl/α,β-unsaturated/α-hetero) is 1. The van der Waals surface area contributed by atoms with Gasteiger partial charge in [-0.05, 0) is 65.8 Å². The molecule has 0 bridgehead atoms. The summed E-state index contributed by atoms with van der Waals surface area (Å²) >= 11 is 15.7. The number of hydrogen-bond acceptors (Lipinski definition) is 6. The number of aliphatic hydroxyl groups is 1. The van der Waals surface area contributed by atoms with Gasteiger partial charge in [-0.1, -0.05) is 23.2 Å². The zero-order valence-corrected chi connectivity index (χ0v) is 18.7. The standard InChI is InChI=1S/C19H18BrCl2N5O2/c1-10-6-11(21)7-12(15(28)9-23-2)17(10)25-19(29)14-8-16(20)26-27(14)18-13(22)4-3-5-24-18/h3-8,19,23,25,29H,9H2,1-2H3.